The second-order valence-electron chi connectivity index (χ2n) is 4.35. The van der Waals surface area contributed by atoms with Gasteiger partial charge in [-0.3, -0.25) is 0 Å². The Kier molecular flexibility index (Phi) is 4.59. The van der Waals surface area contributed by atoms with Crippen molar-refractivity contribution in [1.29, 1.82) is 0 Å². The second-order valence-corrected chi connectivity index (χ2v) is 4.35. The first-order chi connectivity index (χ1) is 11.1. The molecule has 130 valence electrons. The van der Waals surface area contributed by atoms with Crippen LogP contribution in [0.15, 0.2) is 18.2 Å². The van der Waals surface area contributed by atoms with E-state index < -0.39 is 58.1 Å². The minimum atomic E-state index is -5.12. The van der Waals surface area contributed by atoms with Crippen molar-refractivity contribution in [1.82, 2.24) is 0 Å². The summed E-state index contributed by atoms with van der Waals surface area (Å²) in [5, 5.41) is 0. The molecular weight excluding hydrogens is 352 g/mol. The van der Waals surface area contributed by atoms with Gasteiger partial charge in [0.1, 0.15) is 11.5 Å². The van der Waals surface area contributed by atoms with Gasteiger partial charge in [-0.15, -0.1) is 13.2 Å². The van der Waals surface area contributed by atoms with Gasteiger partial charge in [0.2, 0.25) is 5.82 Å². The maximum atomic E-state index is 13.8. The quantitative estimate of drug-likeness (QED) is 0.439. The summed E-state index contributed by atoms with van der Waals surface area (Å²) < 4.78 is 112. The van der Waals surface area contributed by atoms with Crippen LogP contribution >= 0.6 is 0 Å². The van der Waals surface area contributed by atoms with Gasteiger partial charge in [0.25, 0.3) is 0 Å². The number of hydrogen-bond donors (Lipinski definition) is 0. The minimum Gasteiger partial charge on any atom is -0.496 e. The third kappa shape index (κ3) is 3.22. The average Bonchev–Trinajstić information content (AvgIpc) is 2.50. The average molecular weight is 358 g/mol. The van der Waals surface area contributed by atoms with E-state index in [0.717, 1.165) is 19.2 Å². The van der Waals surface area contributed by atoms with E-state index in [1.807, 2.05) is 0 Å². The standard InChI is InChI=1S/C14H6F8O2/c1-23-7-3-2-5(24-14(20,21)22)4-6(7)8-9(15)11(17)13(19)12(18)10(8)16/h2-4H,1H3. The molecular formula is C14H6F8O2. The van der Waals surface area contributed by atoms with Crippen LogP contribution in [0.2, 0.25) is 0 Å². The predicted octanol–water partition coefficient (Wildman–Crippen LogP) is 4.96. The Morgan fingerprint density at radius 2 is 1.29 bits per heavy atom. The molecule has 0 aliphatic heterocycles. The van der Waals surface area contributed by atoms with Gasteiger partial charge in [0.05, 0.1) is 12.7 Å². The Morgan fingerprint density at radius 1 is 0.792 bits per heavy atom. The fourth-order valence-corrected chi connectivity index (χ4v) is 1.92. The lowest BCUT2D eigenvalue weighted by molar-refractivity contribution is -0.274. The van der Waals surface area contributed by atoms with Gasteiger partial charge < -0.3 is 9.47 Å². The van der Waals surface area contributed by atoms with E-state index >= 15 is 0 Å². The van der Waals surface area contributed by atoms with E-state index in [9.17, 15) is 35.1 Å². The Bertz CT molecular complexity index is 756. The molecule has 0 atom stereocenters. The van der Waals surface area contributed by atoms with Crippen molar-refractivity contribution in [2.24, 2.45) is 0 Å². The lowest BCUT2D eigenvalue weighted by Crippen LogP contribution is -2.17. The zero-order chi connectivity index (χ0) is 18.2. The summed E-state index contributed by atoms with van der Waals surface area (Å²) in [5.41, 5.74) is -2.23. The van der Waals surface area contributed by atoms with Gasteiger partial charge in [-0.25, -0.2) is 22.0 Å². The lowest BCUT2D eigenvalue weighted by atomic mass is 10.0. The smallest absolute Gasteiger partial charge is 0.496 e. The molecule has 0 saturated heterocycles. The van der Waals surface area contributed by atoms with Crippen molar-refractivity contribution in [2.75, 3.05) is 7.11 Å². The molecule has 0 unspecified atom stereocenters. The van der Waals surface area contributed by atoms with Crippen LogP contribution in [-0.2, 0) is 0 Å². The Labute approximate surface area is 129 Å². The highest BCUT2D eigenvalue weighted by atomic mass is 19.4. The molecule has 0 fully saturated rings. The highest BCUT2D eigenvalue weighted by Crippen LogP contribution is 2.39. The number of ether oxygens (including phenoxy) is 2. The third-order valence-electron chi connectivity index (χ3n) is 2.88. The van der Waals surface area contributed by atoms with Crippen LogP contribution in [0.1, 0.15) is 0 Å². The highest BCUT2D eigenvalue weighted by molar-refractivity contribution is 5.73. The lowest BCUT2D eigenvalue weighted by Gasteiger charge is -2.15. The van der Waals surface area contributed by atoms with Crippen LogP contribution in [0.3, 0.4) is 0 Å². The van der Waals surface area contributed by atoms with Gasteiger partial charge in [-0.2, -0.15) is 0 Å². The van der Waals surface area contributed by atoms with E-state index in [4.69, 9.17) is 4.74 Å². The molecule has 0 spiro atoms. The number of hydrogen-bond acceptors (Lipinski definition) is 2. The van der Waals surface area contributed by atoms with Gasteiger partial charge in [0.15, 0.2) is 23.3 Å². The van der Waals surface area contributed by atoms with Gasteiger partial charge >= 0.3 is 6.36 Å². The zero-order valence-corrected chi connectivity index (χ0v) is 11.6. The summed E-state index contributed by atoms with van der Waals surface area (Å²) >= 11 is 0. The Morgan fingerprint density at radius 3 is 1.75 bits per heavy atom. The van der Waals surface area contributed by atoms with Gasteiger partial charge in [-0.05, 0) is 18.2 Å². The van der Waals surface area contributed by atoms with Crippen molar-refractivity contribution < 1.29 is 44.6 Å². The molecule has 2 nitrogen and oxygen atoms in total. The molecule has 0 amide bonds. The van der Waals surface area contributed by atoms with Crippen LogP contribution in [0.25, 0.3) is 11.1 Å². The predicted molar refractivity (Wildman–Crippen MR) is 64.9 cm³/mol. The summed E-state index contributed by atoms with van der Waals surface area (Å²) in [5.74, 6) is -12.7. The van der Waals surface area contributed by atoms with Crippen LogP contribution in [0.4, 0.5) is 35.1 Å². The van der Waals surface area contributed by atoms with Gasteiger partial charge in [0, 0.05) is 5.56 Å². The van der Waals surface area contributed by atoms with Crippen LogP contribution < -0.4 is 9.47 Å². The summed E-state index contributed by atoms with van der Waals surface area (Å²) in [6.07, 6.45) is -5.12. The number of halogens is 8. The topological polar surface area (TPSA) is 18.5 Å². The number of rotatable bonds is 3. The molecule has 0 aliphatic rings. The third-order valence-corrected chi connectivity index (χ3v) is 2.88. The largest absolute Gasteiger partial charge is 0.573 e. The van der Waals surface area contributed by atoms with Crippen LogP contribution in [0, 0.1) is 29.1 Å². The normalized spacial score (nSPS) is 11.5. The molecule has 0 aromatic heterocycles. The number of methoxy groups -OCH3 is 1. The minimum absolute atomic E-state index is 0.423. The molecule has 0 N–H and O–H groups in total. The summed E-state index contributed by atoms with van der Waals surface area (Å²) in [7, 11) is 0.995. The Balaban J connectivity index is 2.74. The van der Waals surface area contributed by atoms with Crippen LogP contribution in [-0.4, -0.2) is 13.5 Å². The highest BCUT2D eigenvalue weighted by Gasteiger charge is 2.32. The monoisotopic (exact) mass is 358 g/mol. The van der Waals surface area contributed by atoms with Crippen LogP contribution in [0.5, 0.6) is 11.5 Å². The fourth-order valence-electron chi connectivity index (χ4n) is 1.92. The molecule has 24 heavy (non-hydrogen) atoms. The molecule has 0 radical (unpaired) electrons. The zero-order valence-electron chi connectivity index (χ0n) is 11.6. The second kappa shape index (κ2) is 6.17. The molecule has 0 bridgehead atoms. The maximum absolute atomic E-state index is 13.8. The van der Waals surface area contributed by atoms with E-state index in [2.05, 4.69) is 4.74 Å². The van der Waals surface area contributed by atoms with Crippen molar-refractivity contribution in [2.45, 2.75) is 6.36 Å². The molecule has 2 aromatic rings. The molecule has 2 aromatic carbocycles. The Hall–Kier alpha value is -2.52. The van der Waals surface area contributed by atoms with Crippen molar-refractivity contribution in [3.63, 3.8) is 0 Å². The van der Waals surface area contributed by atoms with E-state index in [1.165, 1.54) is 0 Å². The number of benzene rings is 2. The summed E-state index contributed by atoms with van der Waals surface area (Å²) in [6.45, 7) is 0. The van der Waals surface area contributed by atoms with Gasteiger partial charge in [-0.1, -0.05) is 0 Å². The van der Waals surface area contributed by atoms with Crippen molar-refractivity contribution >= 4 is 0 Å². The van der Waals surface area contributed by atoms with Crippen molar-refractivity contribution in [3.05, 3.63) is 47.3 Å². The van der Waals surface area contributed by atoms with E-state index in [0.29, 0.717) is 6.07 Å². The first kappa shape index (κ1) is 17.8. The molecule has 10 heteroatoms. The van der Waals surface area contributed by atoms with E-state index in [-0.39, 0.29) is 0 Å². The SMILES string of the molecule is COc1ccc(OC(F)(F)F)cc1-c1c(F)c(F)c(F)c(F)c1F. The fraction of sp³-hybridized carbons (Fsp3) is 0.143. The summed E-state index contributed by atoms with van der Waals surface area (Å²) in [6, 6.07) is 2.03. The van der Waals surface area contributed by atoms with Crippen molar-refractivity contribution in [3.8, 4) is 22.6 Å². The molecule has 0 heterocycles. The summed E-state index contributed by atoms with van der Waals surface area (Å²) in [4.78, 5) is 0. The molecule has 0 saturated carbocycles. The molecule has 2 rings (SSSR count). The number of alkyl halides is 3. The maximum Gasteiger partial charge on any atom is 0.573 e. The first-order valence-corrected chi connectivity index (χ1v) is 6.02. The molecule has 0 aliphatic carbocycles. The first-order valence-electron chi connectivity index (χ1n) is 6.02. The van der Waals surface area contributed by atoms with E-state index in [1.54, 1.807) is 0 Å².